The van der Waals surface area contributed by atoms with E-state index in [0.717, 1.165) is 42.0 Å². The Balaban J connectivity index is 1.78. The summed E-state index contributed by atoms with van der Waals surface area (Å²) in [6, 6.07) is 5.38. The van der Waals surface area contributed by atoms with E-state index < -0.39 is 17.5 Å². The quantitative estimate of drug-likeness (QED) is 0.556. The lowest BCUT2D eigenvalue weighted by Crippen LogP contribution is -2.35. The first kappa shape index (κ1) is 21.8. The first-order valence-corrected chi connectivity index (χ1v) is 10.4. The van der Waals surface area contributed by atoms with Crippen molar-refractivity contribution in [1.29, 1.82) is 0 Å². The molecule has 30 heavy (non-hydrogen) atoms. The van der Waals surface area contributed by atoms with Gasteiger partial charge in [-0.1, -0.05) is 19.4 Å². The van der Waals surface area contributed by atoms with E-state index in [2.05, 4.69) is 22.2 Å². The maximum Gasteiger partial charge on any atom is 0.275 e. The molecule has 3 rings (SSSR count). The van der Waals surface area contributed by atoms with E-state index in [0.29, 0.717) is 12.2 Å². The van der Waals surface area contributed by atoms with Gasteiger partial charge in [0.25, 0.3) is 5.91 Å². The summed E-state index contributed by atoms with van der Waals surface area (Å²) < 4.78 is 28.0. The van der Waals surface area contributed by atoms with Gasteiger partial charge in [-0.2, -0.15) is 0 Å². The predicted octanol–water partition coefficient (Wildman–Crippen LogP) is 4.30. The Bertz CT molecular complexity index is 1010. The topological polar surface area (TPSA) is 84.1 Å². The summed E-state index contributed by atoms with van der Waals surface area (Å²) in [5, 5.41) is 4.35. The van der Waals surface area contributed by atoms with Gasteiger partial charge in [-0.05, 0) is 24.6 Å². The summed E-state index contributed by atoms with van der Waals surface area (Å²) in [6.45, 7) is 2.70. The van der Waals surface area contributed by atoms with Crippen LogP contribution in [0, 0.1) is 11.6 Å². The van der Waals surface area contributed by atoms with Crippen LogP contribution >= 0.6 is 11.3 Å². The van der Waals surface area contributed by atoms with Crippen LogP contribution in [-0.4, -0.2) is 35.5 Å². The van der Waals surface area contributed by atoms with E-state index in [-0.39, 0.29) is 22.3 Å². The van der Waals surface area contributed by atoms with Gasteiger partial charge >= 0.3 is 0 Å². The molecule has 6 nitrogen and oxygen atoms in total. The predicted molar refractivity (Wildman–Crippen MR) is 116 cm³/mol. The highest BCUT2D eigenvalue weighted by molar-refractivity contribution is 7.13. The largest absolute Gasteiger partial charge is 0.371 e. The van der Waals surface area contributed by atoms with Gasteiger partial charge in [0.15, 0.2) is 0 Å². The molecule has 3 aromatic rings. The molecule has 0 aliphatic rings. The number of hydrogen-bond donors (Lipinski definition) is 2. The second-order valence-corrected chi connectivity index (χ2v) is 7.77. The van der Waals surface area contributed by atoms with E-state index in [1.807, 2.05) is 11.9 Å². The molecular weight excluding hydrogens is 408 g/mol. The lowest BCUT2D eigenvalue weighted by Gasteiger charge is -2.25. The molecule has 0 unspecified atom stereocenters. The van der Waals surface area contributed by atoms with Crippen LogP contribution < -0.4 is 16.0 Å². The molecule has 3 N–H and O–H groups in total. The van der Waals surface area contributed by atoms with Crippen molar-refractivity contribution in [2.75, 3.05) is 23.8 Å². The summed E-state index contributed by atoms with van der Waals surface area (Å²) in [7, 11) is 1.89. The number of nitrogens with zero attached hydrogens (tertiary/aromatic N) is 3. The number of nitrogens with one attached hydrogen (secondary N) is 1. The van der Waals surface area contributed by atoms with Crippen LogP contribution in [0.5, 0.6) is 0 Å². The van der Waals surface area contributed by atoms with E-state index in [4.69, 9.17) is 5.73 Å². The molecule has 0 spiro atoms. The van der Waals surface area contributed by atoms with E-state index in [1.54, 1.807) is 18.5 Å². The van der Waals surface area contributed by atoms with Crippen molar-refractivity contribution in [3.05, 3.63) is 59.4 Å². The Morgan fingerprint density at radius 3 is 2.73 bits per heavy atom. The smallest absolute Gasteiger partial charge is 0.275 e. The first-order valence-electron chi connectivity index (χ1n) is 9.52. The molecule has 0 fully saturated rings. The standard InChI is InChI=1S/C21H23F2N5OS/c1-3-5-13(24)11-28(2)18-8-9-25-10-16(18)26-20(29)17-12-30-21(27-17)19-14(22)6-4-7-15(19)23/h4,6-10,12-13H,3,5,11,24H2,1-2H3,(H,26,29)/t13-/m0/s1. The molecule has 0 bridgehead atoms. The maximum absolute atomic E-state index is 14.0. The number of pyridine rings is 1. The third-order valence-corrected chi connectivity index (χ3v) is 5.40. The van der Waals surface area contributed by atoms with Crippen LogP contribution in [0.4, 0.5) is 20.2 Å². The normalized spacial score (nSPS) is 11.9. The van der Waals surface area contributed by atoms with Crippen LogP contribution in [0.15, 0.2) is 42.0 Å². The molecule has 2 aromatic heterocycles. The van der Waals surface area contributed by atoms with Crippen LogP contribution in [0.3, 0.4) is 0 Å². The SMILES string of the molecule is CCC[C@H](N)CN(C)c1ccncc1NC(=O)c1csc(-c2c(F)cccc2F)n1. The minimum Gasteiger partial charge on any atom is -0.371 e. The van der Waals surface area contributed by atoms with Gasteiger partial charge in [-0.25, -0.2) is 13.8 Å². The molecule has 1 atom stereocenters. The number of halogens is 2. The lowest BCUT2D eigenvalue weighted by molar-refractivity contribution is 0.102. The summed E-state index contributed by atoms with van der Waals surface area (Å²) in [5.74, 6) is -1.94. The monoisotopic (exact) mass is 431 g/mol. The first-order chi connectivity index (χ1) is 14.4. The number of hydrogen-bond acceptors (Lipinski definition) is 6. The van der Waals surface area contributed by atoms with Crippen molar-refractivity contribution in [1.82, 2.24) is 9.97 Å². The number of likely N-dealkylation sites (N-methyl/N-ethyl adjacent to an activating group) is 1. The summed E-state index contributed by atoms with van der Waals surface area (Å²) in [5.41, 5.74) is 7.22. The molecule has 1 aromatic carbocycles. The zero-order chi connectivity index (χ0) is 21.7. The van der Waals surface area contributed by atoms with Gasteiger partial charge in [0, 0.05) is 31.2 Å². The van der Waals surface area contributed by atoms with Crippen molar-refractivity contribution in [2.45, 2.75) is 25.8 Å². The summed E-state index contributed by atoms with van der Waals surface area (Å²) in [4.78, 5) is 22.9. The molecule has 0 radical (unpaired) electrons. The van der Waals surface area contributed by atoms with E-state index in [1.165, 1.54) is 11.4 Å². The number of rotatable bonds is 8. The Kier molecular flexibility index (Phi) is 7.07. The number of carbonyl (C=O) groups is 1. The third-order valence-electron chi connectivity index (χ3n) is 4.54. The number of nitrogens with two attached hydrogens (primary N) is 1. The van der Waals surface area contributed by atoms with Crippen LogP contribution in [-0.2, 0) is 0 Å². The number of carbonyl (C=O) groups excluding carboxylic acids is 1. The molecule has 1 amide bonds. The van der Waals surface area contributed by atoms with Gasteiger partial charge in [0.05, 0.1) is 23.1 Å². The lowest BCUT2D eigenvalue weighted by atomic mass is 10.1. The van der Waals surface area contributed by atoms with Crippen LogP contribution in [0.25, 0.3) is 10.6 Å². The van der Waals surface area contributed by atoms with Crippen molar-refractivity contribution in [3.63, 3.8) is 0 Å². The summed E-state index contributed by atoms with van der Waals surface area (Å²) in [6.07, 6.45) is 5.06. The number of anilines is 2. The number of aromatic nitrogens is 2. The van der Waals surface area contributed by atoms with Crippen molar-refractivity contribution >= 4 is 28.6 Å². The second-order valence-electron chi connectivity index (χ2n) is 6.91. The van der Waals surface area contributed by atoms with Gasteiger partial charge in [-0.15, -0.1) is 11.3 Å². The van der Waals surface area contributed by atoms with Gasteiger partial charge in [-0.3, -0.25) is 9.78 Å². The molecule has 158 valence electrons. The molecule has 9 heteroatoms. The van der Waals surface area contributed by atoms with Crippen molar-refractivity contribution in [2.24, 2.45) is 5.73 Å². The number of benzene rings is 1. The third kappa shape index (κ3) is 4.98. The Hall–Kier alpha value is -2.91. The van der Waals surface area contributed by atoms with Crippen molar-refractivity contribution in [3.8, 4) is 10.6 Å². The molecule has 2 heterocycles. The maximum atomic E-state index is 14.0. The molecule has 0 saturated carbocycles. The Labute approximate surface area is 177 Å². The van der Waals surface area contributed by atoms with Gasteiger partial charge in [0.1, 0.15) is 22.3 Å². The fourth-order valence-electron chi connectivity index (χ4n) is 3.11. The zero-order valence-electron chi connectivity index (χ0n) is 16.7. The number of thiazole rings is 1. The average molecular weight is 432 g/mol. The minimum atomic E-state index is -0.726. The highest BCUT2D eigenvalue weighted by Gasteiger charge is 2.19. The summed E-state index contributed by atoms with van der Waals surface area (Å²) >= 11 is 1.000. The molecule has 0 aliphatic carbocycles. The highest BCUT2D eigenvalue weighted by Crippen LogP contribution is 2.30. The fraction of sp³-hybridized carbons (Fsp3) is 0.286. The van der Waals surface area contributed by atoms with E-state index >= 15 is 0 Å². The number of amides is 1. The molecule has 0 saturated heterocycles. The second kappa shape index (κ2) is 9.73. The van der Waals surface area contributed by atoms with E-state index in [9.17, 15) is 13.6 Å². The van der Waals surface area contributed by atoms with Gasteiger partial charge in [0.2, 0.25) is 0 Å². The van der Waals surface area contributed by atoms with Crippen molar-refractivity contribution < 1.29 is 13.6 Å². The minimum absolute atomic E-state index is 0.00785. The Morgan fingerprint density at radius 1 is 1.30 bits per heavy atom. The zero-order valence-corrected chi connectivity index (χ0v) is 17.5. The molecular formula is C21H23F2N5OS. The fourth-order valence-corrected chi connectivity index (χ4v) is 3.96. The van der Waals surface area contributed by atoms with Crippen LogP contribution in [0.1, 0.15) is 30.3 Å². The molecule has 0 aliphatic heterocycles. The van der Waals surface area contributed by atoms with Gasteiger partial charge < -0.3 is 16.0 Å². The highest BCUT2D eigenvalue weighted by atomic mass is 32.1. The Morgan fingerprint density at radius 2 is 2.03 bits per heavy atom. The average Bonchev–Trinajstić information content (AvgIpc) is 3.18. The van der Waals surface area contributed by atoms with Crippen LogP contribution in [0.2, 0.25) is 0 Å².